The van der Waals surface area contributed by atoms with E-state index in [-0.39, 0.29) is 47.4 Å². The van der Waals surface area contributed by atoms with Gasteiger partial charge in [0.1, 0.15) is 12.9 Å². The molecule has 8 atom stereocenters. The Kier molecular flexibility index (Phi) is 5.27. The van der Waals surface area contributed by atoms with Crippen LogP contribution < -0.4 is 0 Å². The van der Waals surface area contributed by atoms with Crippen LogP contribution in [0.3, 0.4) is 0 Å². The minimum absolute atomic E-state index is 0.0110. The predicted octanol–water partition coefficient (Wildman–Crippen LogP) is 1.10. The molecule has 0 aromatic heterocycles. The first kappa shape index (κ1) is 22.0. The molecule has 1 unspecified atom stereocenters. The van der Waals surface area contributed by atoms with Crippen LogP contribution >= 0.6 is 0 Å². The minimum Gasteiger partial charge on any atom is -0.393 e. The standard InChI is InChI=1S/C23H34O6S/c1-22-13(8-14(26)9-20(22)30(2,3)29)4-5-15-16-6-7-17(19(28)11-24)23(16,12-25)10-18(27)21(15)22/h8,12,15-18,20-21,24,27,30H,4-7,9-11H2,1-3H3/t15-,16-,17+,18-,20?,21+,22+,23+/m0/s1. The molecule has 3 fully saturated rings. The zero-order chi connectivity index (χ0) is 22.1. The van der Waals surface area contributed by atoms with Gasteiger partial charge >= 0.3 is 0 Å². The number of aliphatic hydroxyl groups is 2. The summed E-state index contributed by atoms with van der Waals surface area (Å²) in [5.41, 5.74) is -0.490. The summed E-state index contributed by atoms with van der Waals surface area (Å²) in [6, 6.07) is 0. The molecule has 6 nitrogen and oxygen atoms in total. The van der Waals surface area contributed by atoms with Gasteiger partial charge in [-0.25, -0.2) is 0 Å². The Morgan fingerprint density at radius 3 is 2.60 bits per heavy atom. The monoisotopic (exact) mass is 438 g/mol. The maximum Gasteiger partial charge on any atom is 0.162 e. The number of thiol groups is 1. The molecule has 0 aromatic carbocycles. The largest absolute Gasteiger partial charge is 0.393 e. The molecule has 2 N–H and O–H groups in total. The lowest BCUT2D eigenvalue weighted by Gasteiger charge is -2.62. The summed E-state index contributed by atoms with van der Waals surface area (Å²) in [7, 11) is -2.64. The van der Waals surface area contributed by atoms with Crippen LogP contribution in [-0.4, -0.2) is 62.7 Å². The molecule has 4 aliphatic carbocycles. The SMILES string of the molecule is C[C@@]12C(=CC(=O)CC1[SH](C)(C)=O)CC[C@@H]1[C@@H]2[C@@H](O)C[C@]2(C=O)[C@@H](C(=O)CO)CC[C@@H]12. The lowest BCUT2D eigenvalue weighted by molar-refractivity contribution is -0.156. The van der Waals surface area contributed by atoms with Crippen molar-refractivity contribution in [2.24, 2.45) is 34.5 Å². The number of allylic oxidation sites excluding steroid dienone is 1. The van der Waals surface area contributed by atoms with E-state index in [0.717, 1.165) is 24.7 Å². The Morgan fingerprint density at radius 1 is 1.30 bits per heavy atom. The van der Waals surface area contributed by atoms with Gasteiger partial charge in [0.25, 0.3) is 0 Å². The summed E-state index contributed by atoms with van der Waals surface area (Å²) >= 11 is 0. The van der Waals surface area contributed by atoms with Crippen molar-refractivity contribution in [2.45, 2.75) is 56.8 Å². The fraction of sp³-hybridized carbons (Fsp3) is 0.783. The van der Waals surface area contributed by atoms with Crippen molar-refractivity contribution < 1.29 is 28.8 Å². The smallest absolute Gasteiger partial charge is 0.162 e. The highest BCUT2D eigenvalue weighted by molar-refractivity contribution is 8.02. The predicted molar refractivity (Wildman–Crippen MR) is 115 cm³/mol. The Labute approximate surface area is 178 Å². The van der Waals surface area contributed by atoms with E-state index in [9.17, 15) is 28.8 Å². The molecule has 30 heavy (non-hydrogen) atoms. The number of rotatable bonds is 4. The van der Waals surface area contributed by atoms with Gasteiger partial charge in [0, 0.05) is 28.4 Å². The van der Waals surface area contributed by atoms with Crippen LogP contribution in [0.1, 0.15) is 45.4 Å². The topological polar surface area (TPSA) is 109 Å². The van der Waals surface area contributed by atoms with Crippen molar-refractivity contribution in [1.29, 1.82) is 0 Å². The Bertz CT molecular complexity index is 858. The van der Waals surface area contributed by atoms with Crippen LogP contribution in [-0.2, 0) is 24.3 Å². The number of Topliss-reactive ketones (excluding diaryl/α,β-unsaturated/α-hetero) is 1. The molecule has 7 heteroatoms. The van der Waals surface area contributed by atoms with Gasteiger partial charge < -0.3 is 15.0 Å². The van der Waals surface area contributed by atoms with Crippen LogP contribution in [0, 0.1) is 34.5 Å². The number of ketones is 2. The van der Waals surface area contributed by atoms with E-state index in [1.165, 1.54) is 0 Å². The second-order valence-electron chi connectivity index (χ2n) is 10.7. The average Bonchev–Trinajstić information content (AvgIpc) is 3.05. The van der Waals surface area contributed by atoms with Gasteiger partial charge in [-0.05, 0) is 68.4 Å². The normalized spacial score (nSPS) is 46.3. The van der Waals surface area contributed by atoms with Crippen molar-refractivity contribution >= 4 is 27.8 Å². The van der Waals surface area contributed by atoms with Crippen LogP contribution in [0.5, 0.6) is 0 Å². The van der Waals surface area contributed by atoms with Gasteiger partial charge in [0.05, 0.1) is 6.10 Å². The molecule has 0 aromatic rings. The van der Waals surface area contributed by atoms with E-state index in [1.54, 1.807) is 18.6 Å². The van der Waals surface area contributed by atoms with Gasteiger partial charge in [-0.2, -0.15) is 0 Å². The lowest BCUT2D eigenvalue weighted by Crippen LogP contribution is -2.63. The minimum atomic E-state index is -2.64. The number of aliphatic hydroxyl groups excluding tert-OH is 2. The fourth-order valence-electron chi connectivity index (χ4n) is 8.08. The highest BCUT2D eigenvalue weighted by Crippen LogP contribution is 2.67. The zero-order valence-electron chi connectivity index (χ0n) is 18.0. The summed E-state index contributed by atoms with van der Waals surface area (Å²) in [5, 5.41) is 20.6. The highest BCUT2D eigenvalue weighted by atomic mass is 32.2. The molecule has 3 saturated carbocycles. The van der Waals surface area contributed by atoms with E-state index in [4.69, 9.17) is 0 Å². The Morgan fingerprint density at radius 2 is 2.00 bits per heavy atom. The summed E-state index contributed by atoms with van der Waals surface area (Å²) in [6.45, 7) is 1.48. The van der Waals surface area contributed by atoms with Crippen molar-refractivity contribution in [3.63, 3.8) is 0 Å². The van der Waals surface area contributed by atoms with Gasteiger partial charge in [-0.3, -0.25) is 13.8 Å². The number of hydrogen-bond acceptors (Lipinski definition) is 6. The Balaban J connectivity index is 1.81. The summed E-state index contributed by atoms with van der Waals surface area (Å²) in [5.74, 6) is -1.04. The molecule has 0 aliphatic heterocycles. The number of carbonyl (C=O) groups excluding carboxylic acids is 3. The van der Waals surface area contributed by atoms with E-state index >= 15 is 0 Å². The first-order chi connectivity index (χ1) is 14.0. The number of fused-ring (bicyclic) bond motifs is 5. The summed E-state index contributed by atoms with van der Waals surface area (Å²) in [4.78, 5) is 37.3. The van der Waals surface area contributed by atoms with Gasteiger partial charge in [-0.1, -0.05) is 12.5 Å². The molecule has 4 aliphatic rings. The second-order valence-corrected chi connectivity index (χ2v) is 14.2. The average molecular weight is 439 g/mol. The van der Waals surface area contributed by atoms with Gasteiger partial charge in [0.2, 0.25) is 0 Å². The highest BCUT2D eigenvalue weighted by Gasteiger charge is 2.66. The first-order valence-electron chi connectivity index (χ1n) is 11.1. The van der Waals surface area contributed by atoms with Crippen LogP contribution in [0.2, 0.25) is 0 Å². The van der Waals surface area contributed by atoms with Crippen molar-refractivity contribution in [3.05, 3.63) is 11.6 Å². The molecule has 4 rings (SSSR count). The molecule has 0 radical (unpaired) electrons. The van der Waals surface area contributed by atoms with Crippen LogP contribution in [0.15, 0.2) is 11.6 Å². The van der Waals surface area contributed by atoms with E-state index in [1.807, 2.05) is 0 Å². The van der Waals surface area contributed by atoms with Crippen LogP contribution in [0.25, 0.3) is 0 Å². The molecule has 0 bridgehead atoms. The zero-order valence-corrected chi connectivity index (χ0v) is 18.9. The maximum atomic E-state index is 13.3. The molecule has 0 heterocycles. The molecular formula is C23H34O6S. The maximum absolute atomic E-state index is 13.3. The third kappa shape index (κ3) is 2.88. The van der Waals surface area contributed by atoms with Crippen molar-refractivity contribution in [2.75, 3.05) is 19.1 Å². The van der Waals surface area contributed by atoms with Crippen molar-refractivity contribution in [1.82, 2.24) is 0 Å². The molecular weight excluding hydrogens is 404 g/mol. The van der Waals surface area contributed by atoms with E-state index in [0.29, 0.717) is 12.8 Å². The quantitative estimate of drug-likeness (QED) is 0.448. The molecule has 168 valence electrons. The van der Waals surface area contributed by atoms with E-state index < -0.39 is 39.4 Å². The third-order valence-corrected chi connectivity index (χ3v) is 11.3. The van der Waals surface area contributed by atoms with Gasteiger partial charge in [-0.15, -0.1) is 9.93 Å². The number of aldehydes is 1. The van der Waals surface area contributed by atoms with Crippen LogP contribution in [0.4, 0.5) is 0 Å². The van der Waals surface area contributed by atoms with E-state index in [2.05, 4.69) is 6.92 Å². The molecule has 0 saturated heterocycles. The Hall–Kier alpha value is -1.18. The summed E-state index contributed by atoms with van der Waals surface area (Å²) in [6.07, 6.45) is 8.38. The molecule has 0 spiro atoms. The number of hydrogen-bond donors (Lipinski definition) is 3. The van der Waals surface area contributed by atoms with Gasteiger partial charge in [0.15, 0.2) is 11.6 Å². The second kappa shape index (κ2) is 7.17. The number of carbonyl (C=O) groups is 3. The lowest BCUT2D eigenvalue weighted by atomic mass is 9.45. The van der Waals surface area contributed by atoms with Crippen molar-refractivity contribution in [3.8, 4) is 0 Å². The fourth-order valence-corrected chi connectivity index (χ4v) is 10.3. The summed E-state index contributed by atoms with van der Waals surface area (Å²) < 4.78 is 13.3. The first-order valence-corrected chi connectivity index (χ1v) is 13.7. The molecule has 0 amide bonds. The third-order valence-electron chi connectivity index (χ3n) is 9.13.